The van der Waals surface area contributed by atoms with Crippen LogP contribution in [0.4, 0.5) is 11.6 Å². The van der Waals surface area contributed by atoms with E-state index in [1.165, 1.54) is 6.33 Å². The van der Waals surface area contributed by atoms with Crippen molar-refractivity contribution < 1.29 is 0 Å². The molecule has 0 bridgehead atoms. The smallest absolute Gasteiger partial charge is 0.182 e. The molecule has 0 saturated heterocycles. The van der Waals surface area contributed by atoms with Crippen LogP contribution in [0.15, 0.2) is 43.0 Å². The van der Waals surface area contributed by atoms with Gasteiger partial charge in [0.05, 0.1) is 17.5 Å². The molecule has 4 aromatic heterocycles. The van der Waals surface area contributed by atoms with Gasteiger partial charge in [0.1, 0.15) is 17.7 Å². The van der Waals surface area contributed by atoms with Crippen LogP contribution < -0.4 is 5.32 Å². The lowest BCUT2D eigenvalue weighted by Gasteiger charge is -2.12. The number of pyridine rings is 1. The minimum absolute atomic E-state index is 0.607. The molecular formula is C20H18N8. The number of aryl methyl sites for hydroxylation is 3. The summed E-state index contributed by atoms with van der Waals surface area (Å²) < 4.78 is 1.80. The molecule has 1 aromatic carbocycles. The Kier molecular flexibility index (Phi) is 3.58. The molecule has 0 amide bonds. The first kappa shape index (κ1) is 16.4. The van der Waals surface area contributed by atoms with Crippen molar-refractivity contribution in [2.24, 2.45) is 0 Å². The highest BCUT2D eigenvalue weighted by atomic mass is 15.4. The van der Waals surface area contributed by atoms with Gasteiger partial charge in [0.2, 0.25) is 0 Å². The molecular weight excluding hydrogens is 352 g/mol. The van der Waals surface area contributed by atoms with Crippen molar-refractivity contribution in [2.75, 3.05) is 5.32 Å². The van der Waals surface area contributed by atoms with Gasteiger partial charge in [-0.2, -0.15) is 9.78 Å². The van der Waals surface area contributed by atoms with Gasteiger partial charge in [0.15, 0.2) is 17.3 Å². The molecule has 0 aliphatic carbocycles. The van der Waals surface area contributed by atoms with Gasteiger partial charge in [0.25, 0.3) is 0 Å². The lowest BCUT2D eigenvalue weighted by atomic mass is 10.1. The Morgan fingerprint density at radius 2 is 1.89 bits per heavy atom. The summed E-state index contributed by atoms with van der Waals surface area (Å²) >= 11 is 0. The number of para-hydroxylation sites is 1. The molecule has 0 spiro atoms. The van der Waals surface area contributed by atoms with Gasteiger partial charge in [-0.15, -0.1) is 0 Å². The van der Waals surface area contributed by atoms with Crippen LogP contribution in [0.1, 0.15) is 16.8 Å². The van der Waals surface area contributed by atoms with Crippen molar-refractivity contribution in [1.29, 1.82) is 0 Å². The summed E-state index contributed by atoms with van der Waals surface area (Å²) in [6, 6.07) is 10.2. The third-order valence-electron chi connectivity index (χ3n) is 4.75. The van der Waals surface area contributed by atoms with Gasteiger partial charge in [-0.3, -0.25) is 0 Å². The maximum Gasteiger partial charge on any atom is 0.182 e. The van der Waals surface area contributed by atoms with Gasteiger partial charge in [-0.05, 0) is 38.0 Å². The van der Waals surface area contributed by atoms with Crippen LogP contribution in [-0.2, 0) is 0 Å². The van der Waals surface area contributed by atoms with Gasteiger partial charge in [-0.25, -0.2) is 19.9 Å². The van der Waals surface area contributed by atoms with E-state index in [2.05, 4.69) is 62.4 Å². The second-order valence-corrected chi connectivity index (χ2v) is 6.80. The second kappa shape index (κ2) is 6.12. The normalized spacial score (nSPS) is 11.4. The lowest BCUT2D eigenvalue weighted by molar-refractivity contribution is 0.842. The molecule has 28 heavy (non-hydrogen) atoms. The number of rotatable bonds is 3. The number of nitrogens with one attached hydrogen (secondary N) is 2. The molecule has 0 radical (unpaired) electrons. The number of nitrogens with zero attached hydrogens (tertiary/aromatic N) is 6. The van der Waals surface area contributed by atoms with Crippen LogP contribution in [0.2, 0.25) is 0 Å². The van der Waals surface area contributed by atoms with E-state index in [1.807, 2.05) is 19.1 Å². The van der Waals surface area contributed by atoms with Crippen molar-refractivity contribution in [2.45, 2.75) is 20.8 Å². The summed E-state index contributed by atoms with van der Waals surface area (Å²) in [4.78, 5) is 20.6. The predicted molar refractivity (Wildman–Crippen MR) is 108 cm³/mol. The van der Waals surface area contributed by atoms with Gasteiger partial charge < -0.3 is 10.3 Å². The Labute approximate surface area is 160 Å². The Bertz CT molecular complexity index is 1330. The topological polar surface area (TPSA) is 97.2 Å². The monoisotopic (exact) mass is 370 g/mol. The zero-order valence-electron chi connectivity index (χ0n) is 15.7. The van der Waals surface area contributed by atoms with E-state index in [9.17, 15) is 0 Å². The summed E-state index contributed by atoms with van der Waals surface area (Å²) in [5, 5.41) is 9.14. The summed E-state index contributed by atoms with van der Waals surface area (Å²) in [5.74, 6) is 2.16. The fourth-order valence-electron chi connectivity index (χ4n) is 3.40. The number of hydrogen-bond donors (Lipinski definition) is 2. The third-order valence-corrected chi connectivity index (χ3v) is 4.75. The van der Waals surface area contributed by atoms with Crippen LogP contribution in [0.3, 0.4) is 0 Å². The second-order valence-electron chi connectivity index (χ2n) is 6.80. The summed E-state index contributed by atoms with van der Waals surface area (Å²) in [6.45, 7) is 6.11. The minimum atomic E-state index is 0.607. The van der Waals surface area contributed by atoms with Crippen molar-refractivity contribution >= 4 is 33.7 Å². The number of imidazole rings is 1. The van der Waals surface area contributed by atoms with E-state index in [-0.39, 0.29) is 0 Å². The van der Waals surface area contributed by atoms with E-state index >= 15 is 0 Å². The summed E-state index contributed by atoms with van der Waals surface area (Å²) in [7, 11) is 0. The molecule has 5 aromatic rings. The number of anilines is 2. The van der Waals surface area contributed by atoms with Crippen LogP contribution >= 0.6 is 0 Å². The fraction of sp³-hybridized carbons (Fsp3) is 0.150. The molecule has 0 fully saturated rings. The first-order valence-electron chi connectivity index (χ1n) is 8.95. The van der Waals surface area contributed by atoms with Crippen LogP contribution in [0.5, 0.6) is 0 Å². The Hall–Kier alpha value is -3.81. The van der Waals surface area contributed by atoms with E-state index in [1.54, 1.807) is 11.0 Å². The van der Waals surface area contributed by atoms with Gasteiger partial charge >= 0.3 is 0 Å². The number of aromatic nitrogens is 7. The van der Waals surface area contributed by atoms with Gasteiger partial charge in [-0.1, -0.05) is 18.2 Å². The molecule has 0 unspecified atom stereocenters. The average Bonchev–Trinajstić information content (AvgIpc) is 3.29. The highest BCUT2D eigenvalue weighted by molar-refractivity contribution is 5.86. The zero-order chi connectivity index (χ0) is 19.3. The molecule has 5 rings (SSSR count). The van der Waals surface area contributed by atoms with E-state index < -0.39 is 0 Å². The van der Waals surface area contributed by atoms with Crippen molar-refractivity contribution in [1.82, 2.24) is 34.7 Å². The Morgan fingerprint density at radius 1 is 1.00 bits per heavy atom. The fourth-order valence-corrected chi connectivity index (χ4v) is 3.40. The molecule has 2 N–H and O–H groups in total. The van der Waals surface area contributed by atoms with E-state index in [0.717, 1.165) is 44.9 Å². The molecule has 138 valence electrons. The van der Waals surface area contributed by atoms with E-state index in [4.69, 9.17) is 4.98 Å². The zero-order valence-corrected chi connectivity index (χ0v) is 15.7. The number of aromatic amines is 1. The highest BCUT2D eigenvalue weighted by Gasteiger charge is 2.14. The van der Waals surface area contributed by atoms with Crippen molar-refractivity contribution in [3.05, 3.63) is 59.8 Å². The molecule has 4 heterocycles. The standard InChI is InChI=1S/C20H18N8/c1-11-5-4-6-14-12(2)7-15(25-17(11)14)28-16(8-13(3)27-28)26-20-18-19(22-9-21-18)23-10-24-20/h4-10H,1-3H3,(H2,21,22,23,24,26). The van der Waals surface area contributed by atoms with Gasteiger partial charge in [0, 0.05) is 11.5 Å². The van der Waals surface area contributed by atoms with Crippen LogP contribution in [0.25, 0.3) is 27.9 Å². The number of hydrogen-bond acceptors (Lipinski definition) is 6. The number of H-pyrrole nitrogens is 1. The van der Waals surface area contributed by atoms with Crippen molar-refractivity contribution in [3.63, 3.8) is 0 Å². The Balaban J connectivity index is 1.65. The third kappa shape index (κ3) is 2.58. The lowest BCUT2D eigenvalue weighted by Crippen LogP contribution is -2.07. The minimum Gasteiger partial charge on any atom is -0.340 e. The first-order valence-corrected chi connectivity index (χ1v) is 8.95. The molecule has 0 aliphatic heterocycles. The van der Waals surface area contributed by atoms with Crippen LogP contribution in [-0.4, -0.2) is 34.7 Å². The average molecular weight is 370 g/mol. The molecule has 0 saturated carbocycles. The first-order chi connectivity index (χ1) is 13.6. The summed E-state index contributed by atoms with van der Waals surface area (Å²) in [6.07, 6.45) is 3.09. The Morgan fingerprint density at radius 3 is 2.79 bits per heavy atom. The maximum atomic E-state index is 4.88. The highest BCUT2D eigenvalue weighted by Crippen LogP contribution is 2.26. The summed E-state index contributed by atoms with van der Waals surface area (Å²) in [5.41, 5.74) is 5.50. The van der Waals surface area contributed by atoms with Crippen molar-refractivity contribution in [3.8, 4) is 5.82 Å². The van der Waals surface area contributed by atoms with E-state index in [0.29, 0.717) is 11.5 Å². The maximum absolute atomic E-state index is 4.88. The number of fused-ring (bicyclic) bond motifs is 2. The largest absolute Gasteiger partial charge is 0.340 e. The molecule has 8 heteroatoms. The SMILES string of the molecule is Cc1cc(Nc2ncnc3nc[nH]c23)n(-c2cc(C)c3cccc(C)c3n2)n1. The predicted octanol–water partition coefficient (Wildman–Crippen LogP) is 3.76. The molecule has 0 atom stereocenters. The number of benzene rings is 1. The molecule has 8 nitrogen and oxygen atoms in total. The molecule has 0 aliphatic rings. The quantitative estimate of drug-likeness (QED) is 0.502. The van der Waals surface area contributed by atoms with Crippen LogP contribution in [0, 0.1) is 20.8 Å².